The summed E-state index contributed by atoms with van der Waals surface area (Å²) in [4.78, 5) is 11.9. The number of hydrogen-bond acceptors (Lipinski definition) is 5. The molecule has 32 heavy (non-hydrogen) atoms. The Morgan fingerprint density at radius 1 is 0.938 bits per heavy atom. The third kappa shape index (κ3) is 4.93. The standard InChI is InChI=1S/C23H21F3N4O2/c1-22(2,3)14-10-11-15-17(13-14)30-21(28-15)29-16-7-6-12-27-20(16)31-18-8-4-5-9-19(18)32-23(24,25)26/h4-13H,1-3H3,(H2,28,29,30). The zero-order chi connectivity index (χ0) is 22.9. The molecule has 0 fully saturated rings. The molecule has 0 saturated carbocycles. The number of anilines is 2. The molecule has 4 rings (SSSR count). The van der Waals surface area contributed by atoms with Crippen LogP contribution in [0.2, 0.25) is 0 Å². The van der Waals surface area contributed by atoms with Crippen LogP contribution in [-0.2, 0) is 5.41 Å². The fraction of sp³-hybridized carbons (Fsp3) is 0.217. The summed E-state index contributed by atoms with van der Waals surface area (Å²) in [7, 11) is 0. The number of aromatic nitrogens is 3. The van der Waals surface area contributed by atoms with E-state index in [2.05, 4.69) is 45.8 Å². The van der Waals surface area contributed by atoms with Crippen LogP contribution in [0.4, 0.5) is 24.8 Å². The Morgan fingerprint density at radius 3 is 2.41 bits per heavy atom. The van der Waals surface area contributed by atoms with Crippen LogP contribution in [0.3, 0.4) is 0 Å². The first kappa shape index (κ1) is 21.5. The van der Waals surface area contributed by atoms with Gasteiger partial charge in [0.2, 0.25) is 11.8 Å². The third-order valence-electron chi connectivity index (χ3n) is 4.65. The molecule has 0 atom stereocenters. The molecule has 2 N–H and O–H groups in total. The van der Waals surface area contributed by atoms with Crippen molar-refractivity contribution in [3.05, 3.63) is 66.4 Å². The number of alkyl halides is 3. The van der Waals surface area contributed by atoms with E-state index in [4.69, 9.17) is 4.74 Å². The number of aromatic amines is 1. The van der Waals surface area contributed by atoms with Gasteiger partial charge in [0.15, 0.2) is 11.5 Å². The minimum Gasteiger partial charge on any atom is -0.433 e. The van der Waals surface area contributed by atoms with E-state index in [0.29, 0.717) is 11.6 Å². The quantitative estimate of drug-likeness (QED) is 0.360. The van der Waals surface area contributed by atoms with Gasteiger partial charge in [-0.25, -0.2) is 9.97 Å². The smallest absolute Gasteiger partial charge is 0.433 e. The Bertz CT molecular complexity index is 1250. The topological polar surface area (TPSA) is 72.1 Å². The van der Waals surface area contributed by atoms with Crippen LogP contribution in [0.15, 0.2) is 60.8 Å². The van der Waals surface area contributed by atoms with Crippen LogP contribution in [0.1, 0.15) is 26.3 Å². The normalized spacial score (nSPS) is 12.1. The maximum atomic E-state index is 12.7. The van der Waals surface area contributed by atoms with Gasteiger partial charge in [-0.15, -0.1) is 13.2 Å². The van der Waals surface area contributed by atoms with Crippen molar-refractivity contribution in [3.8, 4) is 17.4 Å². The Labute approximate surface area is 182 Å². The van der Waals surface area contributed by atoms with Crippen LogP contribution in [0.5, 0.6) is 17.4 Å². The molecular weight excluding hydrogens is 421 g/mol. The number of benzene rings is 2. The SMILES string of the molecule is CC(C)(C)c1ccc2nc(Nc3cccnc3Oc3ccccc3OC(F)(F)F)[nH]c2c1. The molecule has 0 bridgehead atoms. The maximum Gasteiger partial charge on any atom is 0.573 e. The number of nitrogens with one attached hydrogen (secondary N) is 2. The highest BCUT2D eigenvalue weighted by molar-refractivity contribution is 5.79. The molecule has 0 unspecified atom stereocenters. The summed E-state index contributed by atoms with van der Waals surface area (Å²) in [6.45, 7) is 6.38. The van der Waals surface area contributed by atoms with E-state index < -0.39 is 12.1 Å². The molecule has 0 aliphatic rings. The van der Waals surface area contributed by atoms with Gasteiger partial charge in [-0.05, 0) is 47.4 Å². The van der Waals surface area contributed by atoms with Crippen molar-refractivity contribution in [2.24, 2.45) is 0 Å². The van der Waals surface area contributed by atoms with Crippen LogP contribution in [-0.4, -0.2) is 21.3 Å². The lowest BCUT2D eigenvalue weighted by atomic mass is 9.87. The third-order valence-corrected chi connectivity index (χ3v) is 4.65. The fourth-order valence-corrected chi connectivity index (χ4v) is 3.08. The van der Waals surface area contributed by atoms with Gasteiger partial charge in [-0.2, -0.15) is 0 Å². The maximum absolute atomic E-state index is 12.7. The summed E-state index contributed by atoms with van der Waals surface area (Å²) in [5.74, 6) is -0.0636. The lowest BCUT2D eigenvalue weighted by Gasteiger charge is -2.18. The number of hydrogen-bond donors (Lipinski definition) is 2. The molecule has 2 aromatic heterocycles. The molecule has 2 heterocycles. The molecule has 9 heteroatoms. The van der Waals surface area contributed by atoms with Crippen molar-refractivity contribution in [2.45, 2.75) is 32.5 Å². The highest BCUT2D eigenvalue weighted by Gasteiger charge is 2.32. The Hall–Kier alpha value is -3.75. The summed E-state index contributed by atoms with van der Waals surface area (Å²) < 4.78 is 47.8. The van der Waals surface area contributed by atoms with Gasteiger partial charge in [-0.1, -0.05) is 39.0 Å². The van der Waals surface area contributed by atoms with E-state index in [0.717, 1.165) is 16.6 Å². The molecule has 0 radical (unpaired) electrons. The number of pyridine rings is 1. The second kappa shape index (κ2) is 8.07. The van der Waals surface area contributed by atoms with Gasteiger partial charge in [0, 0.05) is 6.20 Å². The summed E-state index contributed by atoms with van der Waals surface area (Å²) >= 11 is 0. The van der Waals surface area contributed by atoms with Crippen molar-refractivity contribution in [2.75, 3.05) is 5.32 Å². The monoisotopic (exact) mass is 442 g/mol. The van der Waals surface area contributed by atoms with Gasteiger partial charge >= 0.3 is 6.36 Å². The Kier molecular flexibility index (Phi) is 5.41. The Balaban J connectivity index is 1.61. The zero-order valence-electron chi connectivity index (χ0n) is 17.6. The van der Waals surface area contributed by atoms with E-state index in [1.165, 1.54) is 24.4 Å². The molecule has 166 valence electrons. The minimum atomic E-state index is -4.84. The summed E-state index contributed by atoms with van der Waals surface area (Å²) in [5, 5.41) is 3.09. The van der Waals surface area contributed by atoms with Gasteiger partial charge in [0.1, 0.15) is 5.69 Å². The predicted molar refractivity (Wildman–Crippen MR) is 116 cm³/mol. The highest BCUT2D eigenvalue weighted by Crippen LogP contribution is 2.37. The first-order valence-electron chi connectivity index (χ1n) is 9.83. The number of halogens is 3. The number of rotatable bonds is 5. The van der Waals surface area contributed by atoms with Gasteiger partial charge in [0.05, 0.1) is 11.0 Å². The molecule has 4 aromatic rings. The molecular formula is C23H21F3N4O2. The number of nitrogens with zero attached hydrogens (tertiary/aromatic N) is 2. The van der Waals surface area contributed by atoms with Crippen molar-refractivity contribution in [1.29, 1.82) is 0 Å². The summed E-state index contributed by atoms with van der Waals surface area (Å²) in [6.07, 6.45) is -3.37. The molecule has 0 saturated heterocycles. The molecule has 0 aliphatic heterocycles. The fourth-order valence-electron chi connectivity index (χ4n) is 3.08. The van der Waals surface area contributed by atoms with Crippen molar-refractivity contribution in [3.63, 3.8) is 0 Å². The number of H-pyrrole nitrogens is 1. The number of imidazole rings is 1. The summed E-state index contributed by atoms with van der Waals surface area (Å²) in [6, 6.07) is 14.9. The van der Waals surface area contributed by atoms with E-state index in [1.807, 2.05) is 18.2 Å². The van der Waals surface area contributed by atoms with Crippen LogP contribution in [0, 0.1) is 0 Å². The largest absolute Gasteiger partial charge is 0.573 e. The number of para-hydroxylation sites is 2. The van der Waals surface area contributed by atoms with E-state index in [1.54, 1.807) is 18.2 Å². The van der Waals surface area contributed by atoms with Crippen molar-refractivity contribution >= 4 is 22.7 Å². The minimum absolute atomic E-state index is 0.0108. The Morgan fingerprint density at radius 2 is 1.69 bits per heavy atom. The number of ether oxygens (including phenoxy) is 2. The van der Waals surface area contributed by atoms with E-state index in [-0.39, 0.29) is 17.0 Å². The van der Waals surface area contributed by atoms with Crippen molar-refractivity contribution < 1.29 is 22.6 Å². The lowest BCUT2D eigenvalue weighted by molar-refractivity contribution is -0.275. The molecule has 0 spiro atoms. The van der Waals surface area contributed by atoms with Crippen LogP contribution < -0.4 is 14.8 Å². The molecule has 2 aromatic carbocycles. The molecule has 6 nitrogen and oxygen atoms in total. The van der Waals surface area contributed by atoms with E-state index >= 15 is 0 Å². The van der Waals surface area contributed by atoms with Crippen LogP contribution >= 0.6 is 0 Å². The van der Waals surface area contributed by atoms with Gasteiger partial charge < -0.3 is 19.8 Å². The average molecular weight is 442 g/mol. The summed E-state index contributed by atoms with van der Waals surface area (Å²) in [5.41, 5.74) is 3.20. The second-order valence-corrected chi connectivity index (χ2v) is 8.15. The van der Waals surface area contributed by atoms with Gasteiger partial charge in [-0.3, -0.25) is 0 Å². The van der Waals surface area contributed by atoms with E-state index in [9.17, 15) is 13.2 Å². The highest BCUT2D eigenvalue weighted by atomic mass is 19.4. The predicted octanol–water partition coefficient (Wildman–Crippen LogP) is 6.69. The first-order valence-corrected chi connectivity index (χ1v) is 9.83. The molecule has 0 amide bonds. The average Bonchev–Trinajstić information content (AvgIpc) is 3.11. The lowest BCUT2D eigenvalue weighted by Crippen LogP contribution is -2.17. The first-order chi connectivity index (χ1) is 15.1. The number of fused-ring (bicyclic) bond motifs is 1. The zero-order valence-corrected chi connectivity index (χ0v) is 17.6. The van der Waals surface area contributed by atoms with Crippen molar-refractivity contribution in [1.82, 2.24) is 15.0 Å². The van der Waals surface area contributed by atoms with Crippen LogP contribution in [0.25, 0.3) is 11.0 Å². The molecule has 0 aliphatic carbocycles. The second-order valence-electron chi connectivity index (χ2n) is 8.15. The van der Waals surface area contributed by atoms with Gasteiger partial charge in [0.25, 0.3) is 0 Å².